The number of rotatable bonds is 0. The van der Waals surface area contributed by atoms with Crippen LogP contribution in [0, 0.1) is 0 Å². The molecule has 17 heavy (non-hydrogen) atoms. The van der Waals surface area contributed by atoms with Gasteiger partial charge in [-0.25, -0.2) is 4.79 Å². The summed E-state index contributed by atoms with van der Waals surface area (Å²) in [6.45, 7) is 1.19. The number of anilines is 1. The fraction of sp³-hybridized carbons (Fsp3) is 0.333. The highest BCUT2D eigenvalue weighted by Crippen LogP contribution is 2.31. The summed E-state index contributed by atoms with van der Waals surface area (Å²) < 4.78 is 0. The number of amides is 2. The quantitative estimate of drug-likeness (QED) is 0.698. The van der Waals surface area contributed by atoms with Crippen LogP contribution >= 0.6 is 0 Å². The summed E-state index contributed by atoms with van der Waals surface area (Å²) in [5.41, 5.74) is 7.05. The average molecular weight is 230 g/mol. The van der Waals surface area contributed by atoms with Gasteiger partial charge in [-0.05, 0) is 6.07 Å². The first-order chi connectivity index (χ1) is 8.19. The lowest BCUT2D eigenvalue weighted by Gasteiger charge is -2.31. The van der Waals surface area contributed by atoms with Gasteiger partial charge in [0.2, 0.25) is 0 Å². The molecular formula is C12H14N4O. The Labute approximate surface area is 99.3 Å². The van der Waals surface area contributed by atoms with Crippen LogP contribution < -0.4 is 11.1 Å². The molecule has 0 aliphatic carbocycles. The second-order valence-electron chi connectivity index (χ2n) is 4.51. The molecule has 1 aromatic rings. The first-order valence-electron chi connectivity index (χ1n) is 5.65. The van der Waals surface area contributed by atoms with Crippen LogP contribution in [-0.4, -0.2) is 35.9 Å². The van der Waals surface area contributed by atoms with Crippen LogP contribution in [-0.2, 0) is 0 Å². The molecule has 1 atom stereocenters. The Balaban J connectivity index is 1.88. The Morgan fingerprint density at radius 1 is 1.47 bits per heavy atom. The molecule has 3 N–H and O–H groups in total. The maximum Gasteiger partial charge on any atom is 0.314 e. The average Bonchev–Trinajstić information content (AvgIpc) is 2.73. The van der Waals surface area contributed by atoms with E-state index < -0.39 is 0 Å². The zero-order valence-electron chi connectivity index (χ0n) is 9.39. The molecule has 5 nitrogen and oxygen atoms in total. The lowest BCUT2D eigenvalue weighted by molar-refractivity contribution is 0.216. The van der Waals surface area contributed by atoms with E-state index in [2.05, 4.69) is 10.3 Å². The largest absolute Gasteiger partial charge is 0.359 e. The molecule has 3 rings (SSSR count). The molecule has 88 valence electrons. The third kappa shape index (κ3) is 1.63. The Bertz CT molecular complexity index is 499. The first-order valence-corrected chi connectivity index (χ1v) is 5.65. The van der Waals surface area contributed by atoms with E-state index in [-0.39, 0.29) is 11.7 Å². The highest BCUT2D eigenvalue weighted by Gasteiger charge is 2.40. The van der Waals surface area contributed by atoms with E-state index in [1.807, 2.05) is 30.5 Å². The number of benzene rings is 1. The van der Waals surface area contributed by atoms with Gasteiger partial charge in [-0.15, -0.1) is 0 Å². The number of nitrogens with two attached hydrogens (primary N) is 1. The van der Waals surface area contributed by atoms with Crippen molar-refractivity contribution in [3.63, 3.8) is 0 Å². The smallest absolute Gasteiger partial charge is 0.314 e. The number of nitrogens with one attached hydrogen (secondary N) is 1. The number of carbonyl (C=O) groups is 1. The number of urea groups is 1. The van der Waals surface area contributed by atoms with Crippen LogP contribution in [0.1, 0.15) is 12.0 Å². The van der Waals surface area contributed by atoms with E-state index in [1.165, 1.54) is 0 Å². The van der Waals surface area contributed by atoms with Gasteiger partial charge in [0.05, 0.1) is 6.54 Å². The van der Waals surface area contributed by atoms with Gasteiger partial charge >= 0.3 is 6.03 Å². The van der Waals surface area contributed by atoms with Gasteiger partial charge in [0.25, 0.3) is 0 Å². The third-order valence-electron chi connectivity index (χ3n) is 3.34. The van der Waals surface area contributed by atoms with Crippen molar-refractivity contribution < 1.29 is 4.79 Å². The molecule has 0 radical (unpaired) electrons. The van der Waals surface area contributed by atoms with Crippen molar-refractivity contribution in [2.45, 2.75) is 12.1 Å². The summed E-state index contributed by atoms with van der Waals surface area (Å²) in [6, 6.07) is 7.63. The predicted octanol–water partition coefficient (Wildman–Crippen LogP) is 1.01. The highest BCUT2D eigenvalue weighted by atomic mass is 16.2. The number of aliphatic imine (C=N–C) groups is 1. The van der Waals surface area contributed by atoms with Crippen molar-refractivity contribution in [1.82, 2.24) is 4.90 Å². The minimum atomic E-state index is -0.386. The summed E-state index contributed by atoms with van der Waals surface area (Å²) >= 11 is 0. The van der Waals surface area contributed by atoms with Gasteiger partial charge in [-0.2, -0.15) is 0 Å². The van der Waals surface area contributed by atoms with Crippen LogP contribution in [0.2, 0.25) is 0 Å². The van der Waals surface area contributed by atoms with E-state index in [0.717, 1.165) is 17.7 Å². The van der Waals surface area contributed by atoms with Crippen LogP contribution in [0.25, 0.3) is 0 Å². The van der Waals surface area contributed by atoms with Gasteiger partial charge < -0.3 is 16.0 Å². The van der Waals surface area contributed by atoms with Crippen molar-refractivity contribution in [2.24, 2.45) is 10.7 Å². The van der Waals surface area contributed by atoms with Crippen molar-refractivity contribution in [3.05, 3.63) is 29.8 Å². The van der Waals surface area contributed by atoms with Crippen molar-refractivity contribution in [3.8, 4) is 0 Å². The number of primary amides is 1. The monoisotopic (exact) mass is 230 g/mol. The van der Waals surface area contributed by atoms with Crippen molar-refractivity contribution >= 4 is 17.9 Å². The summed E-state index contributed by atoms with van der Waals surface area (Å²) in [6.07, 6.45) is 2.66. The Morgan fingerprint density at radius 3 is 3.06 bits per heavy atom. The van der Waals surface area contributed by atoms with Crippen LogP contribution in [0.4, 0.5) is 10.5 Å². The summed E-state index contributed by atoms with van der Waals surface area (Å²) in [4.78, 5) is 17.3. The number of fused-ring (bicyclic) bond motifs is 1. The van der Waals surface area contributed by atoms with Gasteiger partial charge in [0, 0.05) is 30.4 Å². The predicted molar refractivity (Wildman–Crippen MR) is 66.2 cm³/mol. The second kappa shape index (κ2) is 3.48. The maximum atomic E-state index is 11.1. The minimum Gasteiger partial charge on any atom is -0.359 e. The highest BCUT2D eigenvalue weighted by molar-refractivity contribution is 5.90. The van der Waals surface area contributed by atoms with E-state index in [1.54, 1.807) is 4.90 Å². The van der Waals surface area contributed by atoms with Crippen LogP contribution in [0.5, 0.6) is 0 Å². The zero-order chi connectivity index (χ0) is 11.9. The molecule has 0 aromatic heterocycles. The SMILES string of the molecule is NC(=O)N1CCC2(C1)N=Cc1ccccc1N2. The van der Waals surface area contributed by atoms with Gasteiger partial charge in [-0.1, -0.05) is 18.2 Å². The number of likely N-dealkylation sites (tertiary alicyclic amines) is 1. The molecular weight excluding hydrogens is 216 g/mol. The zero-order valence-corrected chi connectivity index (χ0v) is 9.39. The Hall–Kier alpha value is -2.04. The Kier molecular flexibility index (Phi) is 2.07. The molecule has 2 heterocycles. The Morgan fingerprint density at radius 2 is 2.29 bits per heavy atom. The van der Waals surface area contributed by atoms with Crippen LogP contribution in [0.3, 0.4) is 0 Å². The normalized spacial score (nSPS) is 25.8. The molecule has 2 amide bonds. The molecule has 2 aliphatic heterocycles. The number of hydrogen-bond acceptors (Lipinski definition) is 3. The fourth-order valence-electron chi connectivity index (χ4n) is 2.39. The minimum absolute atomic E-state index is 0.377. The molecule has 1 fully saturated rings. The molecule has 1 aromatic carbocycles. The number of carbonyl (C=O) groups excluding carboxylic acids is 1. The molecule has 1 unspecified atom stereocenters. The van der Waals surface area contributed by atoms with Crippen LogP contribution in [0.15, 0.2) is 29.3 Å². The molecule has 1 spiro atoms. The van der Waals surface area contributed by atoms with E-state index in [9.17, 15) is 4.79 Å². The van der Waals surface area contributed by atoms with E-state index in [0.29, 0.717) is 13.1 Å². The lowest BCUT2D eigenvalue weighted by Crippen LogP contribution is -2.44. The van der Waals surface area contributed by atoms with Crippen molar-refractivity contribution in [1.29, 1.82) is 0 Å². The van der Waals surface area contributed by atoms with E-state index in [4.69, 9.17) is 5.73 Å². The molecule has 5 heteroatoms. The summed E-state index contributed by atoms with van der Waals surface area (Å²) in [5.74, 6) is 0. The standard InChI is InChI=1S/C12H14N4O/c13-11(17)16-6-5-12(8-16)14-7-9-3-1-2-4-10(9)15-12/h1-4,7,15H,5-6,8H2,(H2,13,17). The third-order valence-corrected chi connectivity index (χ3v) is 3.34. The maximum absolute atomic E-state index is 11.1. The molecule has 1 saturated heterocycles. The number of hydrogen-bond donors (Lipinski definition) is 2. The van der Waals surface area contributed by atoms with E-state index >= 15 is 0 Å². The van der Waals surface area contributed by atoms with Gasteiger partial charge in [0.15, 0.2) is 0 Å². The fourth-order valence-corrected chi connectivity index (χ4v) is 2.39. The lowest BCUT2D eigenvalue weighted by atomic mass is 10.0. The molecule has 0 bridgehead atoms. The topological polar surface area (TPSA) is 70.7 Å². The summed E-state index contributed by atoms with van der Waals surface area (Å²) in [7, 11) is 0. The number of nitrogens with zero attached hydrogens (tertiary/aromatic N) is 2. The van der Waals surface area contributed by atoms with Crippen molar-refractivity contribution in [2.75, 3.05) is 18.4 Å². The second-order valence-corrected chi connectivity index (χ2v) is 4.51. The summed E-state index contributed by atoms with van der Waals surface area (Å²) in [5, 5.41) is 3.41. The molecule has 0 saturated carbocycles. The molecule has 2 aliphatic rings. The van der Waals surface area contributed by atoms with Gasteiger partial charge in [0.1, 0.15) is 5.66 Å². The first kappa shape index (κ1) is 10.1. The number of para-hydroxylation sites is 1. The van der Waals surface area contributed by atoms with Gasteiger partial charge in [-0.3, -0.25) is 4.99 Å².